The first-order chi connectivity index (χ1) is 7.58. The van der Waals surface area contributed by atoms with E-state index in [0.717, 1.165) is 0 Å². The lowest BCUT2D eigenvalue weighted by molar-refractivity contribution is 0.0490. The lowest BCUT2D eigenvalue weighted by Crippen LogP contribution is -2.47. The molecule has 0 bridgehead atoms. The number of methoxy groups -OCH3 is 1. The molecule has 0 aromatic rings. The highest BCUT2D eigenvalue weighted by atomic mass is 16.6. The Balaban J connectivity index is 4.38. The summed E-state index contributed by atoms with van der Waals surface area (Å²) in [6.07, 6.45) is 0.929. The zero-order valence-electron chi connectivity index (χ0n) is 11.8. The minimum absolute atomic E-state index is 0.163. The topological polar surface area (TPSA) is 59.9 Å². The molecule has 0 saturated carbocycles. The molecule has 0 fully saturated rings. The average Bonchev–Trinajstić information content (AvgIpc) is 2.11. The number of nitrogens with zero attached hydrogens (tertiary/aromatic N) is 1. The Morgan fingerprint density at radius 3 is 2.24 bits per heavy atom. The molecule has 100 valence electrons. The molecule has 0 aromatic heterocycles. The molecule has 0 rings (SSSR count). The van der Waals surface area contributed by atoms with Gasteiger partial charge in [0.2, 0.25) is 0 Å². The molecule has 0 aromatic carbocycles. The van der Waals surface area contributed by atoms with Crippen LogP contribution in [0.1, 0.15) is 41.5 Å². The Bertz CT molecular complexity index is 280. The molecule has 0 radical (unpaired) electrons. The maximum atomic E-state index is 11.6. The number of nitrogens with one attached hydrogen (secondary N) is 1. The number of hydrogen-bond donors (Lipinski definition) is 1. The Labute approximate surface area is 104 Å². The normalized spacial score (nSPS) is 14.5. The molecule has 0 aliphatic heterocycles. The molecular formula is C12H24N2O3. The van der Waals surface area contributed by atoms with Crippen LogP contribution in [0.4, 0.5) is 4.79 Å². The van der Waals surface area contributed by atoms with E-state index >= 15 is 0 Å². The monoisotopic (exact) mass is 244 g/mol. The first-order valence-corrected chi connectivity index (χ1v) is 5.64. The van der Waals surface area contributed by atoms with E-state index in [2.05, 4.69) is 10.3 Å². The predicted octanol–water partition coefficient (Wildman–Crippen LogP) is 2.35. The minimum atomic E-state index is -0.496. The molecule has 1 amide bonds. The van der Waals surface area contributed by atoms with Crippen LogP contribution in [0.2, 0.25) is 0 Å². The van der Waals surface area contributed by atoms with Crippen LogP contribution in [0.15, 0.2) is 4.99 Å². The number of aliphatic imine (C=N–C) groups is 1. The summed E-state index contributed by atoms with van der Waals surface area (Å²) in [6, 6.07) is -0.163. The van der Waals surface area contributed by atoms with Gasteiger partial charge in [-0.1, -0.05) is 0 Å². The van der Waals surface area contributed by atoms with E-state index in [1.54, 1.807) is 0 Å². The van der Waals surface area contributed by atoms with E-state index in [-0.39, 0.29) is 6.04 Å². The third-order valence-corrected chi connectivity index (χ3v) is 2.28. The second kappa shape index (κ2) is 5.89. The van der Waals surface area contributed by atoms with Gasteiger partial charge >= 0.3 is 6.09 Å². The van der Waals surface area contributed by atoms with Gasteiger partial charge in [-0.2, -0.15) is 0 Å². The SMILES string of the molecule is COC=NC(C)(C)[C@H](C)NC(=O)OC(C)(C)C. The van der Waals surface area contributed by atoms with E-state index in [0.29, 0.717) is 0 Å². The molecular weight excluding hydrogens is 220 g/mol. The van der Waals surface area contributed by atoms with Crippen LogP contribution >= 0.6 is 0 Å². The molecule has 0 aliphatic carbocycles. The molecule has 1 N–H and O–H groups in total. The molecule has 0 aliphatic rings. The average molecular weight is 244 g/mol. The first-order valence-electron chi connectivity index (χ1n) is 5.64. The number of amides is 1. The van der Waals surface area contributed by atoms with Crippen LogP contribution in [0.25, 0.3) is 0 Å². The predicted molar refractivity (Wildman–Crippen MR) is 68.4 cm³/mol. The largest absolute Gasteiger partial charge is 0.487 e. The van der Waals surface area contributed by atoms with E-state index < -0.39 is 17.2 Å². The smallest absolute Gasteiger partial charge is 0.407 e. The third-order valence-electron chi connectivity index (χ3n) is 2.28. The minimum Gasteiger partial charge on any atom is -0.487 e. The van der Waals surface area contributed by atoms with Crippen molar-refractivity contribution in [3.8, 4) is 0 Å². The van der Waals surface area contributed by atoms with Gasteiger partial charge in [0.15, 0.2) is 6.40 Å². The van der Waals surface area contributed by atoms with Crippen molar-refractivity contribution in [1.82, 2.24) is 5.32 Å². The molecule has 1 atom stereocenters. The summed E-state index contributed by atoms with van der Waals surface area (Å²) in [6.45, 7) is 11.2. The van der Waals surface area contributed by atoms with Gasteiger partial charge in [-0.3, -0.25) is 4.99 Å². The van der Waals surface area contributed by atoms with Crippen LogP contribution in [0.5, 0.6) is 0 Å². The summed E-state index contributed by atoms with van der Waals surface area (Å²) < 4.78 is 9.95. The summed E-state index contributed by atoms with van der Waals surface area (Å²) >= 11 is 0. The maximum Gasteiger partial charge on any atom is 0.407 e. The van der Waals surface area contributed by atoms with Crippen LogP contribution in [-0.2, 0) is 9.47 Å². The number of hydrogen-bond acceptors (Lipinski definition) is 4. The fourth-order valence-electron chi connectivity index (χ4n) is 0.961. The van der Waals surface area contributed by atoms with Gasteiger partial charge in [0, 0.05) is 0 Å². The first kappa shape index (κ1) is 15.7. The lowest BCUT2D eigenvalue weighted by atomic mass is 9.97. The summed E-state index contributed by atoms with van der Waals surface area (Å²) in [5.41, 5.74) is -0.948. The highest BCUT2D eigenvalue weighted by Crippen LogP contribution is 2.15. The number of alkyl carbamates (subject to hydrolysis) is 1. The molecule has 0 unspecified atom stereocenters. The van der Waals surface area contributed by atoms with Gasteiger partial charge in [0.25, 0.3) is 0 Å². The van der Waals surface area contributed by atoms with Gasteiger partial charge < -0.3 is 14.8 Å². The fourth-order valence-corrected chi connectivity index (χ4v) is 0.961. The van der Waals surface area contributed by atoms with E-state index in [4.69, 9.17) is 9.47 Å². The summed E-state index contributed by atoms with van der Waals surface area (Å²) in [7, 11) is 1.53. The Morgan fingerprint density at radius 1 is 1.29 bits per heavy atom. The van der Waals surface area contributed by atoms with Crippen LogP contribution in [0, 0.1) is 0 Å². The van der Waals surface area contributed by atoms with E-state index in [1.807, 2.05) is 41.5 Å². The second-order valence-electron chi connectivity index (χ2n) is 5.49. The molecule has 17 heavy (non-hydrogen) atoms. The Morgan fingerprint density at radius 2 is 1.82 bits per heavy atom. The van der Waals surface area contributed by atoms with Gasteiger partial charge in [-0.05, 0) is 41.5 Å². The van der Waals surface area contributed by atoms with Crippen molar-refractivity contribution in [2.24, 2.45) is 4.99 Å². The molecule has 0 spiro atoms. The summed E-state index contributed by atoms with van der Waals surface area (Å²) in [5, 5.41) is 2.76. The zero-order valence-corrected chi connectivity index (χ0v) is 11.8. The number of carbonyl (C=O) groups excluding carboxylic acids is 1. The van der Waals surface area contributed by atoms with Crippen LogP contribution < -0.4 is 5.32 Å². The van der Waals surface area contributed by atoms with Crippen molar-refractivity contribution in [3.63, 3.8) is 0 Å². The van der Waals surface area contributed by atoms with Gasteiger partial charge in [-0.25, -0.2) is 4.79 Å². The van der Waals surface area contributed by atoms with Crippen molar-refractivity contribution >= 4 is 12.5 Å². The third kappa shape index (κ3) is 6.81. The molecule has 0 saturated heterocycles. The van der Waals surface area contributed by atoms with Crippen molar-refractivity contribution in [2.75, 3.05) is 7.11 Å². The zero-order chi connectivity index (χ0) is 13.7. The highest BCUT2D eigenvalue weighted by Gasteiger charge is 2.28. The van der Waals surface area contributed by atoms with Crippen molar-refractivity contribution in [2.45, 2.75) is 58.7 Å². The molecule has 5 heteroatoms. The fraction of sp³-hybridized carbons (Fsp3) is 0.833. The number of ether oxygens (including phenoxy) is 2. The summed E-state index contributed by atoms with van der Waals surface area (Å²) in [4.78, 5) is 15.8. The van der Waals surface area contributed by atoms with Gasteiger partial charge in [-0.15, -0.1) is 0 Å². The van der Waals surface area contributed by atoms with Crippen LogP contribution in [-0.4, -0.2) is 36.8 Å². The second-order valence-corrected chi connectivity index (χ2v) is 5.49. The quantitative estimate of drug-likeness (QED) is 0.610. The lowest BCUT2D eigenvalue weighted by Gasteiger charge is -2.29. The van der Waals surface area contributed by atoms with Crippen molar-refractivity contribution < 1.29 is 14.3 Å². The Kier molecular flexibility index (Phi) is 5.45. The van der Waals surface area contributed by atoms with E-state index in [9.17, 15) is 4.79 Å². The van der Waals surface area contributed by atoms with Gasteiger partial charge in [0.1, 0.15) is 5.60 Å². The van der Waals surface area contributed by atoms with Crippen molar-refractivity contribution in [3.05, 3.63) is 0 Å². The number of rotatable bonds is 4. The molecule has 0 heterocycles. The van der Waals surface area contributed by atoms with Gasteiger partial charge in [0.05, 0.1) is 18.7 Å². The number of carbonyl (C=O) groups is 1. The van der Waals surface area contributed by atoms with Crippen molar-refractivity contribution in [1.29, 1.82) is 0 Å². The maximum absolute atomic E-state index is 11.6. The van der Waals surface area contributed by atoms with E-state index in [1.165, 1.54) is 13.5 Å². The standard InChI is InChI=1S/C12H24N2O3/c1-9(12(5,6)13-8-16-7)14-10(15)17-11(2,3)4/h8-9H,1-7H3,(H,14,15)/t9-/m0/s1. The molecule has 5 nitrogen and oxygen atoms in total. The Hall–Kier alpha value is -1.26. The van der Waals surface area contributed by atoms with Crippen LogP contribution in [0.3, 0.4) is 0 Å². The highest BCUT2D eigenvalue weighted by molar-refractivity contribution is 5.68. The summed E-state index contributed by atoms with van der Waals surface area (Å²) in [5.74, 6) is 0.